The zero-order valence-electron chi connectivity index (χ0n) is 15.5. The van der Waals surface area contributed by atoms with Crippen LogP contribution in [0.3, 0.4) is 0 Å². The van der Waals surface area contributed by atoms with Crippen molar-refractivity contribution in [1.82, 2.24) is 10.2 Å². The maximum atomic E-state index is 13.2. The van der Waals surface area contributed by atoms with Crippen molar-refractivity contribution in [2.45, 2.75) is 31.3 Å². The number of nitrogens with one attached hydrogen (secondary N) is 2. The normalized spacial score (nSPS) is 27.9. The van der Waals surface area contributed by atoms with Crippen molar-refractivity contribution < 1.29 is 19.2 Å². The molecule has 2 aromatic rings. The molecule has 3 amide bonds. The van der Waals surface area contributed by atoms with Gasteiger partial charge in [-0.05, 0) is 36.1 Å². The molecule has 3 atom stereocenters. The quantitative estimate of drug-likeness (QED) is 0.772. The SMILES string of the molecule is COc1cccc([C@@]2(C)NC(=O)N(C[NH+]3CCC[C@@H]3c3cccs3)C2=O)c1. The third-order valence-electron chi connectivity index (χ3n) is 5.65. The number of carbonyl (C=O) groups excluding carboxylic acids is 2. The minimum atomic E-state index is -1.07. The zero-order valence-corrected chi connectivity index (χ0v) is 16.3. The van der Waals surface area contributed by atoms with Gasteiger partial charge < -0.3 is 15.0 Å². The van der Waals surface area contributed by atoms with Gasteiger partial charge in [0.2, 0.25) is 0 Å². The molecular formula is C20H24N3O3S+. The summed E-state index contributed by atoms with van der Waals surface area (Å²) in [5, 5.41) is 4.97. The first-order valence-electron chi connectivity index (χ1n) is 9.19. The van der Waals surface area contributed by atoms with Crippen molar-refractivity contribution in [1.29, 1.82) is 0 Å². The molecule has 2 fully saturated rings. The molecule has 2 aliphatic rings. The predicted molar refractivity (Wildman–Crippen MR) is 103 cm³/mol. The molecule has 0 bridgehead atoms. The van der Waals surface area contributed by atoms with E-state index in [4.69, 9.17) is 4.74 Å². The molecule has 6 nitrogen and oxygen atoms in total. The highest BCUT2D eigenvalue weighted by Gasteiger charge is 2.51. The van der Waals surface area contributed by atoms with E-state index in [1.54, 1.807) is 31.4 Å². The Labute approximate surface area is 162 Å². The summed E-state index contributed by atoms with van der Waals surface area (Å²) in [4.78, 5) is 29.8. The Hall–Kier alpha value is -2.38. The van der Waals surface area contributed by atoms with Gasteiger partial charge in [0.25, 0.3) is 5.91 Å². The number of quaternary nitrogens is 1. The van der Waals surface area contributed by atoms with Crippen molar-refractivity contribution in [3.05, 3.63) is 52.2 Å². The largest absolute Gasteiger partial charge is 0.497 e. The van der Waals surface area contributed by atoms with Crippen molar-refractivity contribution in [2.75, 3.05) is 20.3 Å². The summed E-state index contributed by atoms with van der Waals surface area (Å²) < 4.78 is 5.27. The van der Waals surface area contributed by atoms with Gasteiger partial charge in [-0.1, -0.05) is 18.2 Å². The molecular weight excluding hydrogens is 362 g/mol. The fraction of sp³-hybridized carbons (Fsp3) is 0.400. The van der Waals surface area contributed by atoms with Gasteiger partial charge in [0.05, 0.1) is 18.5 Å². The summed E-state index contributed by atoms with van der Waals surface area (Å²) in [6, 6.07) is 11.5. The van der Waals surface area contributed by atoms with Gasteiger partial charge in [0, 0.05) is 12.8 Å². The van der Waals surface area contributed by atoms with E-state index in [0.717, 1.165) is 24.9 Å². The van der Waals surface area contributed by atoms with Crippen LogP contribution in [-0.2, 0) is 10.3 Å². The lowest BCUT2D eigenvalue weighted by molar-refractivity contribution is -0.925. The number of methoxy groups -OCH3 is 1. The van der Waals surface area contributed by atoms with Crippen LogP contribution < -0.4 is 15.0 Å². The molecule has 27 heavy (non-hydrogen) atoms. The summed E-state index contributed by atoms with van der Waals surface area (Å²) in [5.41, 5.74) is -0.336. The third-order valence-corrected chi connectivity index (χ3v) is 6.64. The van der Waals surface area contributed by atoms with E-state index in [1.165, 1.54) is 14.7 Å². The lowest BCUT2D eigenvalue weighted by Gasteiger charge is -2.26. The maximum absolute atomic E-state index is 13.2. The Morgan fingerprint density at radius 3 is 2.93 bits per heavy atom. The van der Waals surface area contributed by atoms with E-state index >= 15 is 0 Å². The average molecular weight is 386 g/mol. The number of amides is 3. The first kappa shape index (κ1) is 18.0. The predicted octanol–water partition coefficient (Wildman–Crippen LogP) is 1.90. The molecule has 2 saturated heterocycles. The van der Waals surface area contributed by atoms with Gasteiger partial charge >= 0.3 is 6.03 Å². The summed E-state index contributed by atoms with van der Waals surface area (Å²) in [6.07, 6.45) is 2.20. The molecule has 7 heteroatoms. The number of benzene rings is 1. The van der Waals surface area contributed by atoms with Crippen LogP contribution in [0.1, 0.15) is 36.2 Å². The molecule has 142 valence electrons. The number of thiophene rings is 1. The fourth-order valence-corrected chi connectivity index (χ4v) is 5.03. The monoisotopic (exact) mass is 386 g/mol. The summed E-state index contributed by atoms with van der Waals surface area (Å²) in [7, 11) is 1.59. The van der Waals surface area contributed by atoms with E-state index in [0.29, 0.717) is 18.5 Å². The van der Waals surface area contributed by atoms with Crippen LogP contribution in [0.5, 0.6) is 5.75 Å². The molecule has 2 aliphatic heterocycles. The molecule has 1 aromatic heterocycles. The third kappa shape index (κ3) is 3.11. The molecule has 3 heterocycles. The zero-order chi connectivity index (χ0) is 19.0. The topological polar surface area (TPSA) is 63.1 Å². The minimum Gasteiger partial charge on any atom is -0.497 e. The van der Waals surface area contributed by atoms with Gasteiger partial charge in [-0.15, -0.1) is 11.3 Å². The van der Waals surface area contributed by atoms with Crippen LogP contribution in [0.15, 0.2) is 41.8 Å². The molecule has 4 rings (SSSR count). The highest BCUT2D eigenvalue weighted by molar-refractivity contribution is 7.10. The fourth-order valence-electron chi connectivity index (χ4n) is 4.11. The summed E-state index contributed by atoms with van der Waals surface area (Å²) in [6.45, 7) is 3.13. The smallest absolute Gasteiger partial charge is 0.329 e. The Morgan fingerprint density at radius 1 is 1.33 bits per heavy atom. The second-order valence-corrected chi connectivity index (χ2v) is 8.28. The van der Waals surface area contributed by atoms with Crippen molar-refractivity contribution in [3.63, 3.8) is 0 Å². The van der Waals surface area contributed by atoms with E-state index in [2.05, 4.69) is 22.8 Å². The van der Waals surface area contributed by atoms with Crippen molar-refractivity contribution >= 4 is 23.3 Å². The van der Waals surface area contributed by atoms with Crippen molar-refractivity contribution in [3.8, 4) is 5.75 Å². The Balaban J connectivity index is 1.56. The molecule has 1 aromatic carbocycles. The number of ether oxygens (including phenoxy) is 1. The van der Waals surface area contributed by atoms with Gasteiger partial charge in [0.1, 0.15) is 17.3 Å². The highest BCUT2D eigenvalue weighted by atomic mass is 32.1. The first-order valence-corrected chi connectivity index (χ1v) is 10.1. The van der Waals surface area contributed by atoms with Crippen LogP contribution in [0, 0.1) is 0 Å². The summed E-state index contributed by atoms with van der Waals surface area (Å²) >= 11 is 1.75. The van der Waals surface area contributed by atoms with Gasteiger partial charge in [-0.3, -0.25) is 4.79 Å². The molecule has 0 aliphatic carbocycles. The number of hydrogen-bond donors (Lipinski definition) is 2. The second-order valence-electron chi connectivity index (χ2n) is 7.30. The number of likely N-dealkylation sites (tertiary alicyclic amines) is 1. The Bertz CT molecular complexity index is 854. The molecule has 1 unspecified atom stereocenters. The number of urea groups is 1. The molecule has 2 N–H and O–H groups in total. The lowest BCUT2D eigenvalue weighted by atomic mass is 9.92. The van der Waals surface area contributed by atoms with Crippen LogP contribution in [0.25, 0.3) is 0 Å². The second kappa shape index (κ2) is 6.98. The number of rotatable bonds is 5. The average Bonchev–Trinajstić information content (AvgIpc) is 3.40. The number of hydrogen-bond acceptors (Lipinski definition) is 4. The number of carbonyl (C=O) groups is 2. The maximum Gasteiger partial charge on any atom is 0.329 e. The van der Waals surface area contributed by atoms with Crippen LogP contribution in [-0.4, -0.2) is 37.2 Å². The molecule has 0 saturated carbocycles. The van der Waals surface area contributed by atoms with Gasteiger partial charge in [0.15, 0.2) is 6.67 Å². The van der Waals surface area contributed by atoms with Gasteiger partial charge in [-0.25, -0.2) is 9.69 Å². The van der Waals surface area contributed by atoms with Crippen LogP contribution in [0.2, 0.25) is 0 Å². The van der Waals surface area contributed by atoms with Crippen LogP contribution in [0.4, 0.5) is 4.79 Å². The van der Waals surface area contributed by atoms with Crippen LogP contribution >= 0.6 is 11.3 Å². The lowest BCUT2D eigenvalue weighted by Crippen LogP contribution is -3.12. The Morgan fingerprint density at radius 2 is 2.19 bits per heavy atom. The number of imide groups is 1. The van der Waals surface area contributed by atoms with E-state index in [1.807, 2.05) is 18.2 Å². The standard InChI is InChI=1S/C20H23N3O3S/c1-20(14-6-3-7-15(12-14)26-2)18(24)23(19(25)21-20)13-22-10-4-8-16(22)17-9-5-11-27-17/h3,5-7,9,11-12,16H,4,8,10,13H2,1-2H3,(H,21,25)/p+1/t16-,20-/m1/s1. The Kier molecular flexibility index (Phi) is 4.65. The minimum absolute atomic E-state index is 0.204. The molecule has 0 radical (unpaired) electrons. The van der Waals surface area contributed by atoms with E-state index < -0.39 is 5.54 Å². The first-order chi connectivity index (χ1) is 13.0. The summed E-state index contributed by atoms with van der Waals surface area (Å²) in [5.74, 6) is 0.460. The molecule has 0 spiro atoms. The number of nitrogens with zero attached hydrogens (tertiary/aromatic N) is 1. The van der Waals surface area contributed by atoms with Gasteiger partial charge in [-0.2, -0.15) is 0 Å². The van der Waals surface area contributed by atoms with E-state index in [-0.39, 0.29) is 11.9 Å². The van der Waals surface area contributed by atoms with E-state index in [9.17, 15) is 9.59 Å². The van der Waals surface area contributed by atoms with Crippen molar-refractivity contribution in [2.24, 2.45) is 0 Å². The highest BCUT2D eigenvalue weighted by Crippen LogP contribution is 2.31.